The van der Waals surface area contributed by atoms with Gasteiger partial charge in [0, 0.05) is 70.0 Å². The summed E-state index contributed by atoms with van der Waals surface area (Å²) in [5.74, 6) is 0.996. The third-order valence-electron chi connectivity index (χ3n) is 8.80. The number of hydrogen-bond donors (Lipinski definition) is 2. The van der Waals surface area contributed by atoms with Gasteiger partial charge >= 0.3 is 0 Å². The lowest BCUT2D eigenvalue weighted by Crippen LogP contribution is -2.44. The predicted molar refractivity (Wildman–Crippen MR) is 189 cm³/mol. The minimum absolute atomic E-state index is 0.00240. The highest BCUT2D eigenvalue weighted by Gasteiger charge is 2.26. The summed E-state index contributed by atoms with van der Waals surface area (Å²) < 4.78 is 58.3. The lowest BCUT2D eigenvalue weighted by Gasteiger charge is -2.35. The molecule has 2 aliphatic heterocycles. The first-order valence-electron chi connectivity index (χ1n) is 17.3. The van der Waals surface area contributed by atoms with E-state index in [-0.39, 0.29) is 47.3 Å². The number of aliphatic hydroxyl groups is 1. The fourth-order valence-corrected chi connectivity index (χ4v) is 6.06. The molecule has 0 aliphatic carbocycles. The first-order chi connectivity index (χ1) is 25.0. The highest BCUT2D eigenvalue weighted by molar-refractivity contribution is 5.77. The number of methoxy groups -OCH3 is 1. The minimum atomic E-state index is -2.87. The molecule has 6 rings (SSSR count). The lowest BCUT2D eigenvalue weighted by molar-refractivity contribution is -0.165. The molecule has 4 aromatic rings. The Morgan fingerprint density at radius 1 is 1.08 bits per heavy atom. The molecule has 1 atom stereocenters. The largest absolute Gasteiger partial charge is 0.489 e. The van der Waals surface area contributed by atoms with Crippen molar-refractivity contribution >= 4 is 28.4 Å². The molecule has 0 amide bonds. The number of nitrogens with one attached hydrogen (secondary N) is 1. The molecule has 5 heterocycles. The van der Waals surface area contributed by atoms with Gasteiger partial charge in [-0.25, -0.2) is 28.1 Å². The van der Waals surface area contributed by atoms with E-state index in [4.69, 9.17) is 23.7 Å². The van der Waals surface area contributed by atoms with Crippen LogP contribution in [0.1, 0.15) is 38.8 Å². The van der Waals surface area contributed by atoms with Crippen LogP contribution in [0.5, 0.6) is 11.5 Å². The summed E-state index contributed by atoms with van der Waals surface area (Å²) in [5, 5.41) is 14.0. The number of ether oxygens (including phenoxy) is 5. The van der Waals surface area contributed by atoms with E-state index in [1.54, 1.807) is 0 Å². The molecule has 282 valence electrons. The molecule has 3 aromatic heterocycles. The van der Waals surface area contributed by atoms with Crippen molar-refractivity contribution in [1.29, 1.82) is 0 Å². The maximum absolute atomic E-state index is 13.9. The highest BCUT2D eigenvalue weighted by Crippen LogP contribution is 2.34. The minimum Gasteiger partial charge on any atom is -0.489 e. The normalized spacial score (nSPS) is 17.2. The van der Waals surface area contributed by atoms with Crippen molar-refractivity contribution in [2.45, 2.75) is 58.0 Å². The van der Waals surface area contributed by atoms with Crippen molar-refractivity contribution in [1.82, 2.24) is 29.2 Å². The topological polar surface area (TPSA) is 150 Å². The van der Waals surface area contributed by atoms with Crippen LogP contribution in [0, 0.1) is 0 Å². The zero-order valence-electron chi connectivity index (χ0n) is 29.9. The van der Waals surface area contributed by atoms with Crippen LogP contribution >= 0.6 is 0 Å². The fraction of sp³-hybridized carbons (Fsp3) is 0.543. The summed E-state index contributed by atoms with van der Waals surface area (Å²) in [6.45, 7) is 6.84. The Labute approximate surface area is 300 Å². The van der Waals surface area contributed by atoms with E-state index >= 15 is 0 Å². The van der Waals surface area contributed by atoms with Crippen molar-refractivity contribution < 1.29 is 37.6 Å². The molecule has 2 fully saturated rings. The number of nitrogens with zero attached hydrogens (tertiary/aromatic N) is 7. The Bertz CT molecular complexity index is 1870. The number of fused-ring (bicyclic) bond motifs is 1. The van der Waals surface area contributed by atoms with E-state index in [1.165, 1.54) is 44.0 Å². The van der Waals surface area contributed by atoms with Crippen LogP contribution in [0.4, 0.5) is 26.1 Å². The number of pyridine rings is 1. The number of benzene rings is 1. The maximum Gasteiger partial charge on any atom is 0.278 e. The summed E-state index contributed by atoms with van der Waals surface area (Å²) in [6.07, 6.45) is 1.16. The van der Waals surface area contributed by atoms with Crippen molar-refractivity contribution in [3.05, 3.63) is 52.6 Å². The van der Waals surface area contributed by atoms with Gasteiger partial charge in [-0.3, -0.25) is 4.79 Å². The summed E-state index contributed by atoms with van der Waals surface area (Å²) in [4.78, 5) is 31.5. The van der Waals surface area contributed by atoms with E-state index in [1.807, 2.05) is 18.2 Å². The number of halogens is 2. The number of hydrogen-bond acceptors (Lipinski definition) is 13. The van der Waals surface area contributed by atoms with Crippen LogP contribution < -0.4 is 25.2 Å². The average Bonchev–Trinajstić information content (AvgIpc) is 3.39. The number of alkyl halides is 2. The van der Waals surface area contributed by atoms with Gasteiger partial charge in [-0.05, 0) is 52.3 Å². The third-order valence-corrected chi connectivity index (χ3v) is 8.80. The molecule has 1 aromatic carbocycles. The molecule has 0 bridgehead atoms. The monoisotopic (exact) mass is 728 g/mol. The molecule has 0 spiro atoms. The van der Waals surface area contributed by atoms with Gasteiger partial charge in [-0.15, -0.1) is 0 Å². The lowest BCUT2D eigenvalue weighted by atomic mass is 10.0. The Morgan fingerprint density at radius 3 is 2.60 bits per heavy atom. The third kappa shape index (κ3) is 8.95. The summed E-state index contributed by atoms with van der Waals surface area (Å²) >= 11 is 0. The molecule has 0 radical (unpaired) electrons. The van der Waals surface area contributed by atoms with Crippen LogP contribution in [0.2, 0.25) is 0 Å². The molecule has 2 aliphatic rings. The van der Waals surface area contributed by atoms with Crippen LogP contribution in [-0.4, -0.2) is 114 Å². The molecule has 1 unspecified atom stereocenters. The highest BCUT2D eigenvalue weighted by atomic mass is 19.3. The van der Waals surface area contributed by atoms with Crippen molar-refractivity contribution in [3.63, 3.8) is 0 Å². The van der Waals surface area contributed by atoms with E-state index in [0.717, 1.165) is 55.8 Å². The van der Waals surface area contributed by atoms with Crippen molar-refractivity contribution in [3.8, 4) is 17.3 Å². The molecular weight excluding hydrogens is 682 g/mol. The van der Waals surface area contributed by atoms with Gasteiger partial charge in [0.25, 0.3) is 12.0 Å². The first-order valence-corrected chi connectivity index (χ1v) is 17.3. The molecule has 0 saturated carbocycles. The molecule has 2 N–H and O–H groups in total. The molecule has 2 saturated heterocycles. The summed E-state index contributed by atoms with van der Waals surface area (Å²) in [5.41, 5.74) is -0.441. The zero-order chi connectivity index (χ0) is 36.8. The quantitative estimate of drug-likeness (QED) is 0.135. The van der Waals surface area contributed by atoms with Gasteiger partial charge in [-0.2, -0.15) is 4.98 Å². The Morgan fingerprint density at radius 2 is 1.88 bits per heavy atom. The Balaban J connectivity index is 1.34. The second-order valence-electron chi connectivity index (χ2n) is 13.3. The standard InChI is InChI=1S/C35H46F2N8O7/c1-35(2,47)28-18-24(52-22-48-4)19-30(40-28)45-32-25(33(46)44(45)21-29(36)37)20-38-34(41-32)39-23-8-9-26(43-12-10-42(3)11-13-43)27(17-23)49-15-16-51-31-7-5-6-14-50-31/h8-9,17-20,29,31,47H,5-7,10-16,21-22H2,1-4H3,(H,38,39,41). The summed E-state index contributed by atoms with van der Waals surface area (Å²) in [7, 11) is 3.54. The second kappa shape index (κ2) is 16.5. The summed E-state index contributed by atoms with van der Waals surface area (Å²) in [6, 6.07) is 8.65. The SMILES string of the molecule is COCOc1cc(-n2c3nc(Nc4ccc(N5CCN(C)CC5)c(OCCOC5CCCCO5)c4)ncc3c(=O)n2CC(F)F)nc(C(C)(C)O)c1. The number of anilines is 3. The van der Waals surface area contributed by atoms with E-state index < -0.39 is 24.1 Å². The van der Waals surface area contributed by atoms with Crippen molar-refractivity contribution in [2.24, 2.45) is 0 Å². The van der Waals surface area contributed by atoms with Crippen LogP contribution in [-0.2, 0) is 26.4 Å². The van der Waals surface area contributed by atoms with E-state index in [0.29, 0.717) is 31.3 Å². The van der Waals surface area contributed by atoms with Crippen LogP contribution in [0.25, 0.3) is 16.9 Å². The van der Waals surface area contributed by atoms with E-state index in [2.05, 4.69) is 37.1 Å². The van der Waals surface area contributed by atoms with E-state index in [9.17, 15) is 18.7 Å². The number of aromatic nitrogens is 5. The van der Waals surface area contributed by atoms with Gasteiger partial charge in [-0.1, -0.05) is 0 Å². The van der Waals surface area contributed by atoms with Crippen LogP contribution in [0.3, 0.4) is 0 Å². The van der Waals surface area contributed by atoms with Gasteiger partial charge in [0.2, 0.25) is 5.95 Å². The number of piperazine rings is 1. The fourth-order valence-electron chi connectivity index (χ4n) is 6.06. The van der Waals surface area contributed by atoms with Gasteiger partial charge in [0.15, 0.2) is 24.5 Å². The first kappa shape index (κ1) is 37.3. The van der Waals surface area contributed by atoms with Gasteiger partial charge < -0.3 is 43.9 Å². The Kier molecular flexibility index (Phi) is 11.8. The number of likely N-dealkylation sites (N-methyl/N-ethyl adjacent to an activating group) is 1. The smallest absolute Gasteiger partial charge is 0.278 e. The number of rotatable bonds is 15. The molecule has 17 heteroatoms. The molecule has 15 nitrogen and oxygen atoms in total. The maximum atomic E-state index is 13.9. The van der Waals surface area contributed by atoms with Crippen LogP contribution in [0.15, 0.2) is 41.3 Å². The molecular formula is C35H46F2N8O7. The Hall–Kier alpha value is -4.42. The zero-order valence-corrected chi connectivity index (χ0v) is 29.9. The second-order valence-corrected chi connectivity index (χ2v) is 13.3. The van der Waals surface area contributed by atoms with Gasteiger partial charge in [0.05, 0.1) is 18.0 Å². The average molecular weight is 729 g/mol. The molecule has 52 heavy (non-hydrogen) atoms. The van der Waals surface area contributed by atoms with Crippen molar-refractivity contribution in [2.75, 3.05) is 77.2 Å². The van der Waals surface area contributed by atoms with Gasteiger partial charge in [0.1, 0.15) is 35.6 Å². The predicted octanol–water partition coefficient (Wildman–Crippen LogP) is 3.87.